The van der Waals surface area contributed by atoms with Crippen molar-refractivity contribution in [3.8, 4) is 0 Å². The highest BCUT2D eigenvalue weighted by Gasteiger charge is 2.20. The highest BCUT2D eigenvalue weighted by Crippen LogP contribution is 2.22. The van der Waals surface area contributed by atoms with Crippen LogP contribution in [0.5, 0.6) is 0 Å². The quantitative estimate of drug-likeness (QED) is 0.561. The van der Waals surface area contributed by atoms with Crippen molar-refractivity contribution in [3.63, 3.8) is 0 Å². The molecule has 0 bridgehead atoms. The van der Waals surface area contributed by atoms with Crippen LogP contribution in [0.4, 0.5) is 0 Å². The molecule has 1 N–H and O–H groups in total. The predicted molar refractivity (Wildman–Crippen MR) is 83.5 cm³/mol. The molecule has 2 nitrogen and oxygen atoms in total. The first-order valence-corrected chi connectivity index (χ1v) is 7.56. The number of hydrogen-bond donors (Lipinski definition) is 1. The lowest BCUT2D eigenvalue weighted by molar-refractivity contribution is -0.923. The molecule has 0 aliphatic carbocycles. The summed E-state index contributed by atoms with van der Waals surface area (Å²) in [4.78, 5) is 3.44. The van der Waals surface area contributed by atoms with Crippen molar-refractivity contribution in [1.29, 1.82) is 0 Å². The number of H-pyrrole nitrogens is 1. The van der Waals surface area contributed by atoms with Crippen molar-refractivity contribution in [3.05, 3.63) is 35.5 Å². The SMILES string of the molecule is CC[N+](CC)(CC)CCc1c[nH]c2c(C)cccc12.[I-]. The molecule has 0 radical (unpaired) electrons. The van der Waals surface area contributed by atoms with Crippen LogP contribution in [0.15, 0.2) is 24.4 Å². The molecular formula is C17H27IN2. The Kier molecular flexibility index (Phi) is 6.52. The largest absolute Gasteiger partial charge is 1.00 e. The van der Waals surface area contributed by atoms with Crippen molar-refractivity contribution in [2.45, 2.75) is 34.1 Å². The van der Waals surface area contributed by atoms with Crippen LogP contribution in [-0.4, -0.2) is 35.6 Å². The Labute approximate surface area is 140 Å². The number of rotatable bonds is 6. The second-order valence-corrected chi connectivity index (χ2v) is 5.58. The number of aromatic amines is 1. The number of aryl methyl sites for hydroxylation is 1. The summed E-state index contributed by atoms with van der Waals surface area (Å²) in [6.07, 6.45) is 3.37. The van der Waals surface area contributed by atoms with E-state index >= 15 is 0 Å². The number of aromatic nitrogens is 1. The predicted octanol–water partition coefficient (Wildman–Crippen LogP) is 0.899. The summed E-state index contributed by atoms with van der Waals surface area (Å²) in [6.45, 7) is 14.0. The van der Waals surface area contributed by atoms with Gasteiger partial charge in [0.15, 0.2) is 0 Å². The lowest BCUT2D eigenvalue weighted by Gasteiger charge is -2.35. The minimum absolute atomic E-state index is 0. The monoisotopic (exact) mass is 386 g/mol. The molecular weight excluding hydrogens is 359 g/mol. The molecule has 20 heavy (non-hydrogen) atoms. The average molecular weight is 386 g/mol. The number of nitrogens with one attached hydrogen (secondary N) is 1. The van der Waals surface area contributed by atoms with Crippen molar-refractivity contribution in [2.75, 3.05) is 26.2 Å². The molecule has 0 aliphatic rings. The molecule has 0 atom stereocenters. The number of hydrogen-bond acceptors (Lipinski definition) is 0. The summed E-state index contributed by atoms with van der Waals surface area (Å²) in [7, 11) is 0. The first kappa shape index (κ1) is 17.5. The second kappa shape index (κ2) is 7.46. The summed E-state index contributed by atoms with van der Waals surface area (Å²) in [5.41, 5.74) is 4.11. The summed E-state index contributed by atoms with van der Waals surface area (Å²) >= 11 is 0. The lowest BCUT2D eigenvalue weighted by atomic mass is 10.1. The Morgan fingerprint density at radius 3 is 2.30 bits per heavy atom. The van der Waals surface area contributed by atoms with E-state index in [4.69, 9.17) is 0 Å². The Bertz CT molecular complexity index is 533. The third kappa shape index (κ3) is 3.37. The number of benzene rings is 1. The van der Waals surface area contributed by atoms with Gasteiger partial charge < -0.3 is 33.4 Å². The molecule has 0 saturated carbocycles. The fourth-order valence-electron chi connectivity index (χ4n) is 3.07. The highest BCUT2D eigenvalue weighted by atomic mass is 127. The Morgan fingerprint density at radius 1 is 1.05 bits per heavy atom. The first-order valence-electron chi connectivity index (χ1n) is 7.56. The van der Waals surface area contributed by atoms with E-state index in [1.54, 1.807) is 0 Å². The van der Waals surface area contributed by atoms with Crippen LogP contribution in [0.1, 0.15) is 31.9 Å². The fraction of sp³-hybridized carbons (Fsp3) is 0.529. The van der Waals surface area contributed by atoms with Crippen LogP contribution in [-0.2, 0) is 6.42 Å². The maximum atomic E-state index is 3.44. The summed E-state index contributed by atoms with van der Waals surface area (Å²) in [6, 6.07) is 6.58. The van der Waals surface area contributed by atoms with Gasteiger partial charge in [0.1, 0.15) is 0 Å². The van der Waals surface area contributed by atoms with Gasteiger partial charge in [-0.1, -0.05) is 18.2 Å². The number of para-hydroxylation sites is 1. The average Bonchev–Trinajstić information content (AvgIpc) is 2.86. The van der Waals surface area contributed by atoms with Crippen LogP contribution >= 0.6 is 0 Å². The van der Waals surface area contributed by atoms with Gasteiger partial charge in [0.2, 0.25) is 0 Å². The van der Waals surface area contributed by atoms with Crippen molar-refractivity contribution >= 4 is 10.9 Å². The van der Waals surface area contributed by atoms with Crippen LogP contribution in [0, 0.1) is 6.92 Å². The second-order valence-electron chi connectivity index (χ2n) is 5.58. The summed E-state index contributed by atoms with van der Waals surface area (Å²) < 4.78 is 1.22. The van der Waals surface area contributed by atoms with E-state index in [0.29, 0.717) is 0 Å². The Hall–Kier alpha value is -0.550. The molecule has 1 aromatic carbocycles. The van der Waals surface area contributed by atoms with Gasteiger partial charge in [-0.3, -0.25) is 0 Å². The van der Waals surface area contributed by atoms with Gasteiger partial charge >= 0.3 is 0 Å². The molecule has 2 aromatic rings. The molecule has 3 heteroatoms. The maximum Gasteiger partial charge on any atom is 0.0828 e. The van der Waals surface area contributed by atoms with Crippen molar-refractivity contribution in [1.82, 2.24) is 4.98 Å². The summed E-state index contributed by atoms with van der Waals surface area (Å²) in [5, 5.41) is 1.40. The minimum Gasteiger partial charge on any atom is -1.00 e. The summed E-state index contributed by atoms with van der Waals surface area (Å²) in [5.74, 6) is 0. The van der Waals surface area contributed by atoms with Crippen LogP contribution in [0.3, 0.4) is 0 Å². The fourth-order valence-corrected chi connectivity index (χ4v) is 3.07. The third-order valence-electron chi connectivity index (χ3n) is 4.88. The molecule has 1 aromatic heterocycles. The van der Waals surface area contributed by atoms with Crippen molar-refractivity contribution < 1.29 is 28.5 Å². The van der Waals surface area contributed by atoms with E-state index in [0.717, 1.165) is 0 Å². The van der Waals surface area contributed by atoms with E-state index in [1.807, 2.05) is 0 Å². The maximum absolute atomic E-state index is 3.44. The van der Waals surface area contributed by atoms with E-state index in [2.05, 4.69) is 57.1 Å². The van der Waals surface area contributed by atoms with Gasteiger partial charge in [0, 0.05) is 23.5 Å². The van der Waals surface area contributed by atoms with Gasteiger partial charge in [0.25, 0.3) is 0 Å². The van der Waals surface area contributed by atoms with Crippen LogP contribution < -0.4 is 24.0 Å². The van der Waals surface area contributed by atoms with E-state index in [-0.39, 0.29) is 24.0 Å². The van der Waals surface area contributed by atoms with E-state index in [1.165, 1.54) is 59.1 Å². The molecule has 0 spiro atoms. The highest BCUT2D eigenvalue weighted by molar-refractivity contribution is 5.85. The minimum atomic E-state index is 0. The molecule has 0 aliphatic heterocycles. The molecule has 2 rings (SSSR count). The zero-order chi connectivity index (χ0) is 13.9. The van der Waals surface area contributed by atoms with Crippen molar-refractivity contribution in [2.24, 2.45) is 0 Å². The number of nitrogens with zero attached hydrogens (tertiary/aromatic N) is 1. The first-order chi connectivity index (χ1) is 9.15. The molecule has 1 heterocycles. The van der Waals surface area contributed by atoms with Gasteiger partial charge in [-0.25, -0.2) is 0 Å². The number of halogens is 1. The number of fused-ring (bicyclic) bond motifs is 1. The van der Waals surface area contributed by atoms with Gasteiger partial charge in [-0.15, -0.1) is 0 Å². The molecule has 0 unspecified atom stereocenters. The molecule has 0 fully saturated rings. The normalized spacial score (nSPS) is 11.6. The van der Waals surface area contributed by atoms with E-state index < -0.39 is 0 Å². The standard InChI is InChI=1S/C17H27N2.HI/c1-5-19(6-2,7-3)12-11-15-13-18-17-14(4)9-8-10-16(15)17;/h8-10,13,18H,5-7,11-12H2,1-4H3;1H/q+1;/p-1. The molecule has 0 amide bonds. The smallest absolute Gasteiger partial charge is 0.0828 e. The Balaban J connectivity index is 0.00000200. The molecule has 0 saturated heterocycles. The van der Waals surface area contributed by atoms with Gasteiger partial charge in [-0.05, 0) is 38.8 Å². The zero-order valence-corrected chi connectivity index (χ0v) is 15.3. The Morgan fingerprint density at radius 2 is 1.70 bits per heavy atom. The number of likely N-dealkylation sites (N-methyl/N-ethyl adjacent to an activating group) is 1. The van der Waals surface area contributed by atoms with Crippen LogP contribution in [0.2, 0.25) is 0 Å². The van der Waals surface area contributed by atoms with Crippen LogP contribution in [0.25, 0.3) is 10.9 Å². The number of quaternary nitrogens is 1. The lowest BCUT2D eigenvalue weighted by Crippen LogP contribution is -3.00. The molecule has 112 valence electrons. The topological polar surface area (TPSA) is 15.8 Å². The van der Waals surface area contributed by atoms with Gasteiger partial charge in [0.05, 0.1) is 26.2 Å². The third-order valence-corrected chi connectivity index (χ3v) is 4.88. The van der Waals surface area contributed by atoms with E-state index in [9.17, 15) is 0 Å². The van der Waals surface area contributed by atoms with Gasteiger partial charge in [-0.2, -0.15) is 0 Å². The zero-order valence-electron chi connectivity index (χ0n) is 13.2.